The minimum absolute atomic E-state index is 0.602. The van der Waals surface area contributed by atoms with Crippen molar-refractivity contribution < 1.29 is 4.74 Å². The van der Waals surface area contributed by atoms with E-state index in [4.69, 9.17) is 27.9 Å². The van der Waals surface area contributed by atoms with Gasteiger partial charge in [0, 0.05) is 10.4 Å². The van der Waals surface area contributed by atoms with Gasteiger partial charge in [-0.3, -0.25) is 0 Å². The molecule has 0 radical (unpaired) electrons. The topological polar surface area (TPSA) is 9.23 Å². The number of ether oxygens (including phenoxy) is 1. The number of hydrogen-bond acceptors (Lipinski definition) is 1. The zero-order valence-electron chi connectivity index (χ0n) is 10.4. The first kappa shape index (κ1) is 14.7. The molecule has 0 fully saturated rings. The average Bonchev–Trinajstić information content (AvgIpc) is 2.43. The van der Waals surface area contributed by atoms with Crippen molar-refractivity contribution in [3.8, 4) is 11.5 Å². The highest BCUT2D eigenvalue weighted by Gasteiger charge is 2.06. The second-order valence-electron chi connectivity index (χ2n) is 4.11. The molecule has 0 amide bonds. The molecule has 0 heterocycles. The van der Waals surface area contributed by atoms with Gasteiger partial charge in [-0.1, -0.05) is 52.1 Å². The summed E-state index contributed by atoms with van der Waals surface area (Å²) in [5.41, 5.74) is 2.18. The van der Waals surface area contributed by atoms with Crippen LogP contribution >= 0.6 is 39.1 Å². The molecule has 0 spiro atoms. The molecule has 0 atom stereocenters. The number of aryl methyl sites for hydroxylation is 1. The molecule has 2 aromatic carbocycles. The van der Waals surface area contributed by atoms with E-state index >= 15 is 0 Å². The fourth-order valence-corrected chi connectivity index (χ4v) is 2.56. The van der Waals surface area contributed by atoms with E-state index in [1.807, 2.05) is 36.4 Å². The normalized spacial score (nSPS) is 10.5. The summed E-state index contributed by atoms with van der Waals surface area (Å²) in [5, 5.41) is 2.13. The summed E-state index contributed by atoms with van der Waals surface area (Å²) in [6, 6.07) is 11.4. The van der Waals surface area contributed by atoms with E-state index in [-0.39, 0.29) is 0 Å². The van der Waals surface area contributed by atoms with E-state index in [9.17, 15) is 0 Å². The molecule has 100 valence electrons. The maximum atomic E-state index is 6.19. The number of alkyl halides is 1. The van der Waals surface area contributed by atoms with Crippen molar-refractivity contribution >= 4 is 39.1 Å². The van der Waals surface area contributed by atoms with Crippen LogP contribution in [0.5, 0.6) is 11.5 Å². The molecule has 2 aromatic rings. The van der Waals surface area contributed by atoms with Crippen LogP contribution in [0.2, 0.25) is 10.0 Å². The molecule has 0 N–H and O–H groups in total. The molecule has 0 bridgehead atoms. The van der Waals surface area contributed by atoms with Crippen LogP contribution in [0.4, 0.5) is 0 Å². The summed E-state index contributed by atoms with van der Waals surface area (Å²) in [5.74, 6) is 1.39. The summed E-state index contributed by atoms with van der Waals surface area (Å²) < 4.78 is 5.80. The lowest BCUT2D eigenvalue weighted by Gasteiger charge is -2.10. The monoisotopic (exact) mass is 358 g/mol. The first-order chi connectivity index (χ1) is 9.13. The van der Waals surface area contributed by atoms with Gasteiger partial charge in [-0.15, -0.1) is 0 Å². The van der Waals surface area contributed by atoms with E-state index in [1.54, 1.807) is 0 Å². The van der Waals surface area contributed by atoms with Crippen molar-refractivity contribution in [1.82, 2.24) is 0 Å². The number of hydrogen-bond donors (Lipinski definition) is 0. The number of benzene rings is 2. The largest absolute Gasteiger partial charge is 0.456 e. The molecule has 0 aliphatic rings. The number of halogens is 3. The van der Waals surface area contributed by atoms with Crippen LogP contribution in [-0.2, 0) is 11.8 Å². The molecule has 0 unspecified atom stereocenters. The lowest BCUT2D eigenvalue weighted by molar-refractivity contribution is 0.482. The lowest BCUT2D eigenvalue weighted by Crippen LogP contribution is -1.89. The van der Waals surface area contributed by atoms with Gasteiger partial charge in [-0.05, 0) is 47.9 Å². The molecule has 0 aliphatic heterocycles. The molecule has 0 saturated carbocycles. The highest BCUT2D eigenvalue weighted by atomic mass is 79.9. The molecule has 1 nitrogen and oxygen atoms in total. The molecule has 19 heavy (non-hydrogen) atoms. The highest BCUT2D eigenvalue weighted by molar-refractivity contribution is 9.08. The van der Waals surface area contributed by atoms with E-state index in [0.717, 1.165) is 33.6 Å². The van der Waals surface area contributed by atoms with Gasteiger partial charge in [0.1, 0.15) is 11.5 Å². The van der Waals surface area contributed by atoms with Crippen molar-refractivity contribution in [2.75, 3.05) is 0 Å². The Labute approximate surface area is 131 Å². The van der Waals surface area contributed by atoms with E-state index < -0.39 is 0 Å². The van der Waals surface area contributed by atoms with Crippen molar-refractivity contribution in [2.45, 2.75) is 18.7 Å². The quantitative estimate of drug-likeness (QED) is 0.586. The Balaban J connectivity index is 2.26. The zero-order valence-corrected chi connectivity index (χ0v) is 13.5. The van der Waals surface area contributed by atoms with Crippen LogP contribution in [0.25, 0.3) is 0 Å². The fraction of sp³-hybridized carbons (Fsp3) is 0.200. The predicted octanol–water partition coefficient (Wildman–Crippen LogP) is 6.24. The van der Waals surface area contributed by atoms with Crippen LogP contribution < -0.4 is 4.74 Å². The maximum Gasteiger partial charge on any atom is 0.146 e. The molecular weight excluding hydrogens is 347 g/mol. The van der Waals surface area contributed by atoms with Gasteiger partial charge < -0.3 is 4.74 Å². The van der Waals surface area contributed by atoms with Crippen molar-refractivity contribution in [2.24, 2.45) is 0 Å². The summed E-state index contributed by atoms with van der Waals surface area (Å²) in [6.45, 7) is 2.06. The van der Waals surface area contributed by atoms with Gasteiger partial charge in [0.2, 0.25) is 0 Å². The summed E-state index contributed by atoms with van der Waals surface area (Å²) >= 11 is 15.7. The van der Waals surface area contributed by atoms with Crippen LogP contribution in [0.15, 0.2) is 36.4 Å². The molecule has 4 heteroatoms. The summed E-state index contributed by atoms with van der Waals surface area (Å²) in [4.78, 5) is 0. The Hall–Kier alpha value is -0.700. The van der Waals surface area contributed by atoms with Crippen LogP contribution in [0.3, 0.4) is 0 Å². The fourth-order valence-electron chi connectivity index (χ4n) is 1.72. The van der Waals surface area contributed by atoms with Crippen molar-refractivity contribution in [3.05, 3.63) is 57.6 Å². The molecule has 0 saturated heterocycles. The van der Waals surface area contributed by atoms with Crippen molar-refractivity contribution in [1.29, 1.82) is 0 Å². The van der Waals surface area contributed by atoms with E-state index in [1.165, 1.54) is 0 Å². The second-order valence-corrected chi connectivity index (χ2v) is 5.48. The van der Waals surface area contributed by atoms with Gasteiger partial charge in [0.25, 0.3) is 0 Å². The van der Waals surface area contributed by atoms with Crippen LogP contribution in [0.1, 0.15) is 18.1 Å². The third kappa shape index (κ3) is 3.65. The average molecular weight is 360 g/mol. The molecular formula is C15H13BrCl2O. The lowest BCUT2D eigenvalue weighted by atomic mass is 10.1. The minimum atomic E-state index is 0.602. The standard InChI is InChI=1S/C15H13BrCl2O/c1-2-11-8-12(4-5-13(11)17)19-15-6-3-10(9-16)7-14(15)18/h3-8H,2,9H2,1H3. The van der Waals surface area contributed by atoms with Crippen LogP contribution in [0, 0.1) is 0 Å². The Morgan fingerprint density at radius 2 is 1.84 bits per heavy atom. The maximum absolute atomic E-state index is 6.19. The van der Waals surface area contributed by atoms with Gasteiger partial charge in [-0.2, -0.15) is 0 Å². The van der Waals surface area contributed by atoms with Gasteiger partial charge in [-0.25, -0.2) is 0 Å². The van der Waals surface area contributed by atoms with Gasteiger partial charge >= 0.3 is 0 Å². The third-order valence-electron chi connectivity index (χ3n) is 2.78. The summed E-state index contributed by atoms with van der Waals surface area (Å²) in [7, 11) is 0. The molecule has 0 aliphatic carbocycles. The highest BCUT2D eigenvalue weighted by Crippen LogP contribution is 2.32. The van der Waals surface area contributed by atoms with Crippen molar-refractivity contribution in [3.63, 3.8) is 0 Å². The van der Waals surface area contributed by atoms with Gasteiger partial charge in [0.15, 0.2) is 0 Å². The second kappa shape index (κ2) is 6.65. The van der Waals surface area contributed by atoms with E-state index in [0.29, 0.717) is 10.8 Å². The van der Waals surface area contributed by atoms with E-state index in [2.05, 4.69) is 22.9 Å². The molecule has 2 rings (SSSR count). The van der Waals surface area contributed by atoms with Crippen LogP contribution in [-0.4, -0.2) is 0 Å². The first-order valence-electron chi connectivity index (χ1n) is 5.94. The van der Waals surface area contributed by atoms with Gasteiger partial charge in [0.05, 0.1) is 5.02 Å². The predicted molar refractivity (Wildman–Crippen MR) is 85.0 cm³/mol. The Morgan fingerprint density at radius 1 is 1.05 bits per heavy atom. The SMILES string of the molecule is CCc1cc(Oc2ccc(CBr)cc2Cl)ccc1Cl. The Morgan fingerprint density at radius 3 is 2.47 bits per heavy atom. The Bertz CT molecular complexity index is 584. The molecule has 0 aromatic heterocycles. The zero-order chi connectivity index (χ0) is 13.8. The number of rotatable bonds is 4. The third-order valence-corrected chi connectivity index (χ3v) is 4.09. The first-order valence-corrected chi connectivity index (χ1v) is 7.82. The minimum Gasteiger partial charge on any atom is -0.456 e. The summed E-state index contributed by atoms with van der Waals surface area (Å²) in [6.07, 6.45) is 0.867. The smallest absolute Gasteiger partial charge is 0.146 e. The Kier molecular flexibility index (Phi) is 5.14.